The van der Waals surface area contributed by atoms with Crippen LogP contribution < -0.4 is 10.9 Å². The minimum Gasteiger partial charge on any atom is -0.467 e. The average molecular weight is 219 g/mol. The smallest absolute Gasteiger partial charge is 0.293 e. The molecule has 0 aliphatic carbocycles. The van der Waals surface area contributed by atoms with Gasteiger partial charge in [0.1, 0.15) is 5.76 Å². The zero-order valence-electron chi connectivity index (χ0n) is 9.01. The molecule has 0 atom stereocenters. The van der Waals surface area contributed by atoms with Crippen molar-refractivity contribution in [3.8, 4) is 0 Å². The van der Waals surface area contributed by atoms with Crippen molar-refractivity contribution in [2.24, 2.45) is 0 Å². The second-order valence-electron chi connectivity index (χ2n) is 3.30. The second kappa shape index (κ2) is 4.65. The summed E-state index contributed by atoms with van der Waals surface area (Å²) < 4.78 is 6.75. The van der Waals surface area contributed by atoms with Gasteiger partial charge in [-0.3, -0.25) is 4.79 Å². The number of hydrogen-bond acceptors (Lipinski definition) is 4. The third-order valence-corrected chi connectivity index (χ3v) is 2.26. The van der Waals surface area contributed by atoms with E-state index in [9.17, 15) is 4.79 Å². The van der Waals surface area contributed by atoms with Crippen molar-refractivity contribution in [3.05, 3.63) is 46.9 Å². The van der Waals surface area contributed by atoms with Gasteiger partial charge in [0, 0.05) is 18.9 Å². The van der Waals surface area contributed by atoms with E-state index in [0.29, 0.717) is 18.9 Å². The van der Waals surface area contributed by atoms with E-state index in [1.165, 1.54) is 0 Å². The summed E-state index contributed by atoms with van der Waals surface area (Å²) in [5.41, 5.74) is -0.114. The molecule has 0 saturated carbocycles. The minimum atomic E-state index is -0.114. The van der Waals surface area contributed by atoms with E-state index in [1.807, 2.05) is 13.0 Å². The van der Waals surface area contributed by atoms with Crippen molar-refractivity contribution in [2.45, 2.75) is 20.0 Å². The van der Waals surface area contributed by atoms with E-state index in [-0.39, 0.29) is 5.56 Å². The SMILES string of the molecule is CCn1ccnc(NCc2ccco2)c1=O. The number of rotatable bonds is 4. The third kappa shape index (κ3) is 2.13. The van der Waals surface area contributed by atoms with Gasteiger partial charge in [-0.1, -0.05) is 0 Å². The van der Waals surface area contributed by atoms with Crippen molar-refractivity contribution in [3.63, 3.8) is 0 Å². The zero-order chi connectivity index (χ0) is 11.4. The molecule has 0 aliphatic rings. The summed E-state index contributed by atoms with van der Waals surface area (Å²) in [4.78, 5) is 15.8. The Hall–Kier alpha value is -2.04. The van der Waals surface area contributed by atoms with E-state index in [2.05, 4.69) is 10.3 Å². The van der Waals surface area contributed by atoms with Gasteiger partial charge in [-0.25, -0.2) is 4.98 Å². The van der Waals surface area contributed by atoms with Crippen LogP contribution in [0.15, 0.2) is 40.0 Å². The molecule has 0 bridgehead atoms. The van der Waals surface area contributed by atoms with Crippen LogP contribution in [-0.4, -0.2) is 9.55 Å². The van der Waals surface area contributed by atoms with Gasteiger partial charge in [0.15, 0.2) is 5.82 Å². The molecule has 0 radical (unpaired) electrons. The molecule has 0 saturated heterocycles. The number of aryl methyl sites for hydroxylation is 1. The first-order chi connectivity index (χ1) is 7.81. The molecule has 0 aromatic carbocycles. The lowest BCUT2D eigenvalue weighted by molar-refractivity contribution is 0.517. The topological polar surface area (TPSA) is 60.1 Å². The van der Waals surface area contributed by atoms with Crippen molar-refractivity contribution in [2.75, 3.05) is 5.32 Å². The molecule has 16 heavy (non-hydrogen) atoms. The first kappa shape index (κ1) is 10.5. The van der Waals surface area contributed by atoms with E-state index in [0.717, 1.165) is 5.76 Å². The van der Waals surface area contributed by atoms with Gasteiger partial charge in [0.2, 0.25) is 0 Å². The molecule has 2 aromatic heterocycles. The Morgan fingerprint density at radius 1 is 1.56 bits per heavy atom. The molecule has 0 fully saturated rings. The highest BCUT2D eigenvalue weighted by Gasteiger charge is 2.03. The highest BCUT2D eigenvalue weighted by molar-refractivity contribution is 5.31. The fraction of sp³-hybridized carbons (Fsp3) is 0.273. The number of aromatic nitrogens is 2. The van der Waals surface area contributed by atoms with Crippen LogP contribution in [0.2, 0.25) is 0 Å². The Morgan fingerprint density at radius 3 is 3.12 bits per heavy atom. The maximum atomic E-state index is 11.8. The summed E-state index contributed by atoms with van der Waals surface area (Å²) >= 11 is 0. The van der Waals surface area contributed by atoms with Crippen LogP contribution in [0.1, 0.15) is 12.7 Å². The lowest BCUT2D eigenvalue weighted by Gasteiger charge is -2.05. The molecule has 5 heteroatoms. The summed E-state index contributed by atoms with van der Waals surface area (Å²) in [5.74, 6) is 1.12. The highest BCUT2D eigenvalue weighted by Crippen LogP contribution is 2.02. The number of furan rings is 1. The van der Waals surface area contributed by atoms with E-state index in [4.69, 9.17) is 4.42 Å². The van der Waals surface area contributed by atoms with Crippen LogP contribution >= 0.6 is 0 Å². The van der Waals surface area contributed by atoms with Crippen LogP contribution in [0.25, 0.3) is 0 Å². The fourth-order valence-corrected chi connectivity index (χ4v) is 1.40. The predicted octanol–water partition coefficient (Wildman–Crippen LogP) is 1.47. The summed E-state index contributed by atoms with van der Waals surface area (Å²) in [7, 11) is 0. The third-order valence-electron chi connectivity index (χ3n) is 2.26. The number of nitrogens with one attached hydrogen (secondary N) is 1. The maximum Gasteiger partial charge on any atom is 0.293 e. The van der Waals surface area contributed by atoms with E-state index in [1.54, 1.807) is 29.3 Å². The average Bonchev–Trinajstić information content (AvgIpc) is 2.81. The van der Waals surface area contributed by atoms with Crippen molar-refractivity contribution in [1.82, 2.24) is 9.55 Å². The molecule has 0 unspecified atom stereocenters. The minimum absolute atomic E-state index is 0.114. The van der Waals surface area contributed by atoms with Crippen molar-refractivity contribution < 1.29 is 4.42 Å². The van der Waals surface area contributed by atoms with Gasteiger partial charge < -0.3 is 14.3 Å². The Kier molecular flexibility index (Phi) is 3.05. The van der Waals surface area contributed by atoms with Crippen molar-refractivity contribution in [1.29, 1.82) is 0 Å². The van der Waals surface area contributed by atoms with Gasteiger partial charge >= 0.3 is 0 Å². The Balaban J connectivity index is 2.13. The van der Waals surface area contributed by atoms with Crippen LogP contribution in [0.5, 0.6) is 0 Å². The fourth-order valence-electron chi connectivity index (χ4n) is 1.40. The Labute approximate surface area is 92.7 Å². The van der Waals surface area contributed by atoms with Crippen LogP contribution in [-0.2, 0) is 13.1 Å². The van der Waals surface area contributed by atoms with Crippen LogP contribution in [0.4, 0.5) is 5.82 Å². The number of nitrogens with zero attached hydrogens (tertiary/aromatic N) is 2. The Morgan fingerprint density at radius 2 is 2.44 bits per heavy atom. The van der Waals surface area contributed by atoms with Gasteiger partial charge in [0.05, 0.1) is 12.8 Å². The first-order valence-corrected chi connectivity index (χ1v) is 5.13. The molecular weight excluding hydrogens is 206 g/mol. The van der Waals surface area contributed by atoms with Crippen LogP contribution in [0.3, 0.4) is 0 Å². The molecule has 0 amide bonds. The van der Waals surface area contributed by atoms with Gasteiger partial charge in [-0.15, -0.1) is 0 Å². The monoisotopic (exact) mass is 219 g/mol. The molecule has 2 heterocycles. The summed E-state index contributed by atoms with van der Waals surface area (Å²) in [6.07, 6.45) is 4.87. The summed E-state index contributed by atoms with van der Waals surface area (Å²) in [5, 5.41) is 2.95. The lowest BCUT2D eigenvalue weighted by atomic mass is 10.4. The largest absolute Gasteiger partial charge is 0.467 e. The lowest BCUT2D eigenvalue weighted by Crippen LogP contribution is -2.23. The number of anilines is 1. The van der Waals surface area contributed by atoms with Gasteiger partial charge in [-0.05, 0) is 19.1 Å². The van der Waals surface area contributed by atoms with Gasteiger partial charge in [-0.2, -0.15) is 0 Å². The Bertz CT molecular complexity index is 502. The molecule has 5 nitrogen and oxygen atoms in total. The van der Waals surface area contributed by atoms with E-state index < -0.39 is 0 Å². The molecule has 0 spiro atoms. The number of hydrogen-bond donors (Lipinski definition) is 1. The molecule has 2 aromatic rings. The van der Waals surface area contributed by atoms with Crippen LogP contribution in [0, 0.1) is 0 Å². The molecule has 84 valence electrons. The molecule has 0 aliphatic heterocycles. The summed E-state index contributed by atoms with van der Waals surface area (Å²) in [6.45, 7) is 3.01. The normalized spacial score (nSPS) is 10.3. The second-order valence-corrected chi connectivity index (χ2v) is 3.30. The first-order valence-electron chi connectivity index (χ1n) is 5.13. The quantitative estimate of drug-likeness (QED) is 0.845. The van der Waals surface area contributed by atoms with E-state index >= 15 is 0 Å². The van der Waals surface area contributed by atoms with Gasteiger partial charge in [0.25, 0.3) is 5.56 Å². The summed E-state index contributed by atoms with van der Waals surface area (Å²) in [6, 6.07) is 3.65. The molecule has 1 N–H and O–H groups in total. The highest BCUT2D eigenvalue weighted by atomic mass is 16.3. The molecule has 2 rings (SSSR count). The maximum absolute atomic E-state index is 11.8. The molecular formula is C11H13N3O2. The standard InChI is InChI=1S/C11H13N3O2/c1-2-14-6-5-12-10(11(14)15)13-8-9-4-3-7-16-9/h3-7H,2,8H2,1H3,(H,12,13). The zero-order valence-corrected chi connectivity index (χ0v) is 9.01. The predicted molar refractivity (Wildman–Crippen MR) is 60.2 cm³/mol. The van der Waals surface area contributed by atoms with Crippen molar-refractivity contribution >= 4 is 5.82 Å².